The minimum absolute atomic E-state index is 0.00452. The molecule has 0 bridgehead atoms. The molecule has 0 atom stereocenters. The van der Waals surface area contributed by atoms with Gasteiger partial charge >= 0.3 is 0 Å². The Bertz CT molecular complexity index is 677. The second-order valence-corrected chi connectivity index (χ2v) is 5.05. The van der Waals surface area contributed by atoms with Crippen LogP contribution in [0.5, 0.6) is 5.75 Å². The molecule has 0 aliphatic rings. The van der Waals surface area contributed by atoms with Gasteiger partial charge in [0.25, 0.3) is 5.69 Å². The van der Waals surface area contributed by atoms with Gasteiger partial charge in [-0.2, -0.15) is 0 Å². The van der Waals surface area contributed by atoms with Crippen LogP contribution in [0.25, 0.3) is 0 Å². The number of nitrogens with one attached hydrogen (secondary N) is 1. The number of nitro groups is 1. The number of ether oxygens (including phenoxy) is 1. The molecule has 2 rings (SSSR count). The molecule has 7 heteroatoms. The summed E-state index contributed by atoms with van der Waals surface area (Å²) >= 11 is 12.0. The molecule has 110 valence electrons. The van der Waals surface area contributed by atoms with Crippen molar-refractivity contribution < 1.29 is 9.66 Å². The first-order chi connectivity index (χ1) is 10.0. The summed E-state index contributed by atoms with van der Waals surface area (Å²) in [6.07, 6.45) is 0. The molecular weight excluding hydrogens is 315 g/mol. The van der Waals surface area contributed by atoms with Gasteiger partial charge in [0.1, 0.15) is 5.75 Å². The first kappa shape index (κ1) is 15.4. The summed E-state index contributed by atoms with van der Waals surface area (Å²) < 4.78 is 5.12. The van der Waals surface area contributed by atoms with Gasteiger partial charge in [0.15, 0.2) is 0 Å². The van der Waals surface area contributed by atoms with Crippen LogP contribution in [0, 0.1) is 10.1 Å². The molecule has 2 aromatic rings. The van der Waals surface area contributed by atoms with E-state index in [-0.39, 0.29) is 5.69 Å². The minimum Gasteiger partial charge on any atom is -0.495 e. The highest BCUT2D eigenvalue weighted by atomic mass is 35.5. The van der Waals surface area contributed by atoms with Crippen molar-refractivity contribution in [3.05, 3.63) is 62.1 Å². The Morgan fingerprint density at radius 1 is 1.19 bits per heavy atom. The predicted octanol–water partition coefficient (Wildman–Crippen LogP) is 4.52. The van der Waals surface area contributed by atoms with Gasteiger partial charge < -0.3 is 10.1 Å². The zero-order valence-electron chi connectivity index (χ0n) is 11.1. The lowest BCUT2D eigenvalue weighted by molar-refractivity contribution is -0.384. The highest BCUT2D eigenvalue weighted by molar-refractivity contribution is 6.32. The van der Waals surface area contributed by atoms with Crippen LogP contribution < -0.4 is 10.1 Å². The fraction of sp³-hybridized carbons (Fsp3) is 0.143. The predicted molar refractivity (Wildman–Crippen MR) is 83.4 cm³/mol. The fourth-order valence-electron chi connectivity index (χ4n) is 1.78. The summed E-state index contributed by atoms with van der Waals surface area (Å²) in [5.74, 6) is 0.548. The maximum absolute atomic E-state index is 10.8. The van der Waals surface area contributed by atoms with E-state index in [2.05, 4.69) is 5.32 Å². The normalized spacial score (nSPS) is 10.2. The summed E-state index contributed by atoms with van der Waals surface area (Å²) in [7, 11) is 1.53. The number of methoxy groups -OCH3 is 1. The Morgan fingerprint density at radius 3 is 2.57 bits per heavy atom. The van der Waals surface area contributed by atoms with Crippen LogP contribution in [0.15, 0.2) is 36.4 Å². The van der Waals surface area contributed by atoms with E-state index in [1.54, 1.807) is 18.2 Å². The van der Waals surface area contributed by atoms with E-state index in [1.807, 2.05) is 0 Å². The van der Waals surface area contributed by atoms with Crippen molar-refractivity contribution in [3.8, 4) is 5.75 Å². The third-order valence-corrected chi connectivity index (χ3v) is 3.56. The number of hydrogen-bond acceptors (Lipinski definition) is 4. The monoisotopic (exact) mass is 326 g/mol. The maximum Gasteiger partial charge on any atom is 0.269 e. The molecule has 0 heterocycles. The molecule has 0 unspecified atom stereocenters. The van der Waals surface area contributed by atoms with Crippen molar-refractivity contribution >= 4 is 34.6 Å². The summed E-state index contributed by atoms with van der Waals surface area (Å²) in [4.78, 5) is 10.3. The van der Waals surface area contributed by atoms with Crippen molar-refractivity contribution in [1.29, 1.82) is 0 Å². The lowest BCUT2D eigenvalue weighted by Gasteiger charge is -2.10. The molecule has 2 aromatic carbocycles. The fourth-order valence-corrected chi connectivity index (χ4v) is 2.16. The van der Waals surface area contributed by atoms with Gasteiger partial charge in [0.05, 0.1) is 17.1 Å². The number of nitro benzene ring substituents is 1. The van der Waals surface area contributed by atoms with Crippen LogP contribution in [0.3, 0.4) is 0 Å². The topological polar surface area (TPSA) is 64.4 Å². The molecule has 0 amide bonds. The molecule has 0 fully saturated rings. The van der Waals surface area contributed by atoms with Crippen LogP contribution in [0.4, 0.5) is 11.4 Å². The van der Waals surface area contributed by atoms with Gasteiger partial charge in [-0.3, -0.25) is 10.1 Å². The minimum atomic E-state index is -0.453. The Balaban J connectivity index is 2.16. The van der Waals surface area contributed by atoms with E-state index in [9.17, 15) is 10.1 Å². The lowest BCUT2D eigenvalue weighted by Crippen LogP contribution is -2.01. The summed E-state index contributed by atoms with van der Waals surface area (Å²) in [6, 6.07) is 9.57. The van der Waals surface area contributed by atoms with Crippen molar-refractivity contribution in [1.82, 2.24) is 0 Å². The van der Waals surface area contributed by atoms with Gasteiger partial charge in [-0.1, -0.05) is 23.2 Å². The number of hydrogen-bond donors (Lipinski definition) is 1. The molecule has 0 saturated heterocycles. The maximum atomic E-state index is 10.8. The standard InChI is InChI=1S/C14H12Cl2N2O3/c1-21-14-7-10(2-4-13(14)16)17-8-9-6-11(18(19)20)3-5-12(9)15/h2-7,17H,8H2,1H3. The van der Waals surface area contributed by atoms with Crippen LogP contribution in [-0.4, -0.2) is 12.0 Å². The van der Waals surface area contributed by atoms with Gasteiger partial charge in [0.2, 0.25) is 0 Å². The molecule has 5 nitrogen and oxygen atoms in total. The molecule has 0 aromatic heterocycles. The Labute approximate surface area is 131 Å². The molecule has 0 spiro atoms. The zero-order chi connectivity index (χ0) is 15.4. The lowest BCUT2D eigenvalue weighted by atomic mass is 10.2. The molecule has 0 radical (unpaired) electrons. The molecule has 1 N–H and O–H groups in total. The SMILES string of the molecule is COc1cc(NCc2cc([N+](=O)[O-])ccc2Cl)ccc1Cl. The van der Waals surface area contributed by atoms with Gasteiger partial charge in [0, 0.05) is 35.5 Å². The van der Waals surface area contributed by atoms with E-state index in [4.69, 9.17) is 27.9 Å². The third-order valence-electron chi connectivity index (χ3n) is 2.87. The average molecular weight is 327 g/mol. The number of nitrogens with zero attached hydrogens (tertiary/aromatic N) is 1. The Kier molecular flexibility index (Phi) is 4.88. The van der Waals surface area contributed by atoms with Crippen LogP contribution in [0.2, 0.25) is 10.0 Å². The number of non-ortho nitro benzene ring substituents is 1. The second kappa shape index (κ2) is 6.65. The van der Waals surface area contributed by atoms with Gasteiger partial charge in [-0.15, -0.1) is 0 Å². The van der Waals surface area contributed by atoms with Gasteiger partial charge in [-0.05, 0) is 23.8 Å². The van der Waals surface area contributed by atoms with E-state index in [0.29, 0.717) is 27.9 Å². The largest absolute Gasteiger partial charge is 0.495 e. The first-order valence-electron chi connectivity index (χ1n) is 6.01. The average Bonchev–Trinajstić information content (AvgIpc) is 2.47. The van der Waals surface area contributed by atoms with Crippen molar-refractivity contribution in [2.24, 2.45) is 0 Å². The highest BCUT2D eigenvalue weighted by Gasteiger charge is 2.10. The summed E-state index contributed by atoms with van der Waals surface area (Å²) in [5, 5.41) is 14.9. The Hall–Kier alpha value is -1.98. The van der Waals surface area contributed by atoms with E-state index < -0.39 is 4.92 Å². The second-order valence-electron chi connectivity index (χ2n) is 4.24. The molecule has 0 aliphatic heterocycles. The quantitative estimate of drug-likeness (QED) is 0.648. The van der Waals surface area contributed by atoms with E-state index in [1.165, 1.54) is 25.3 Å². The van der Waals surface area contributed by atoms with E-state index >= 15 is 0 Å². The number of anilines is 1. The number of benzene rings is 2. The zero-order valence-corrected chi connectivity index (χ0v) is 12.6. The van der Waals surface area contributed by atoms with Crippen LogP contribution in [0.1, 0.15) is 5.56 Å². The molecular formula is C14H12Cl2N2O3. The first-order valence-corrected chi connectivity index (χ1v) is 6.77. The van der Waals surface area contributed by atoms with Gasteiger partial charge in [-0.25, -0.2) is 0 Å². The molecule has 0 aliphatic carbocycles. The number of halogens is 2. The van der Waals surface area contributed by atoms with Crippen molar-refractivity contribution in [2.45, 2.75) is 6.54 Å². The molecule has 21 heavy (non-hydrogen) atoms. The third kappa shape index (κ3) is 3.77. The summed E-state index contributed by atoms with van der Waals surface area (Å²) in [5.41, 5.74) is 1.42. The Morgan fingerprint density at radius 2 is 1.90 bits per heavy atom. The highest BCUT2D eigenvalue weighted by Crippen LogP contribution is 2.28. The summed E-state index contributed by atoms with van der Waals surface area (Å²) in [6.45, 7) is 0.352. The smallest absolute Gasteiger partial charge is 0.269 e. The van der Waals surface area contributed by atoms with E-state index in [0.717, 1.165) is 5.69 Å². The van der Waals surface area contributed by atoms with Crippen LogP contribution >= 0.6 is 23.2 Å². The van der Waals surface area contributed by atoms with Crippen molar-refractivity contribution in [3.63, 3.8) is 0 Å². The van der Waals surface area contributed by atoms with Crippen molar-refractivity contribution in [2.75, 3.05) is 12.4 Å². The number of rotatable bonds is 5. The van der Waals surface area contributed by atoms with Crippen LogP contribution in [-0.2, 0) is 6.54 Å². The molecule has 0 saturated carbocycles.